The van der Waals surface area contributed by atoms with Crippen molar-refractivity contribution in [2.24, 2.45) is 0 Å². The molecule has 2 atom stereocenters. The molecule has 0 aliphatic heterocycles. The average molecular weight is 288 g/mol. The van der Waals surface area contributed by atoms with Gasteiger partial charge in [-0.2, -0.15) is 0 Å². The largest absolute Gasteiger partial charge is 0.508 e. The van der Waals surface area contributed by atoms with Crippen LogP contribution in [0.15, 0.2) is 0 Å². The molecule has 0 amide bonds. The second kappa shape index (κ2) is 10.9. The Labute approximate surface area is 124 Å². The molecule has 120 valence electrons. The van der Waals surface area contributed by atoms with E-state index in [1.54, 1.807) is 0 Å². The average Bonchev–Trinajstić information content (AvgIpc) is 2.26. The van der Waals surface area contributed by atoms with Crippen LogP contribution in [0.1, 0.15) is 39.5 Å². The Bertz CT molecular complexity index is 234. The molecule has 0 saturated carbocycles. The van der Waals surface area contributed by atoms with Gasteiger partial charge in [0.1, 0.15) is 12.2 Å². The highest BCUT2D eigenvalue weighted by Gasteiger charge is 2.14. The van der Waals surface area contributed by atoms with Crippen LogP contribution in [-0.2, 0) is 9.47 Å². The molecule has 0 heterocycles. The van der Waals surface area contributed by atoms with Crippen LogP contribution < -0.4 is 0 Å². The van der Waals surface area contributed by atoms with Crippen LogP contribution in [0.2, 0.25) is 0 Å². The monoisotopic (exact) mass is 288 g/mol. The lowest BCUT2D eigenvalue weighted by molar-refractivity contribution is 0.00228. The summed E-state index contributed by atoms with van der Waals surface area (Å²) in [6.07, 6.45) is 3.04. The Morgan fingerprint density at radius 2 is 1.20 bits per heavy atom. The lowest BCUT2D eigenvalue weighted by Crippen LogP contribution is -2.23. The zero-order chi connectivity index (χ0) is 15.5. The van der Waals surface area contributed by atoms with E-state index in [0.717, 1.165) is 38.8 Å². The van der Waals surface area contributed by atoms with Crippen LogP contribution in [-0.4, -0.2) is 69.4 Å². The maximum absolute atomic E-state index is 11.6. The third-order valence-corrected chi connectivity index (χ3v) is 3.03. The van der Waals surface area contributed by atoms with Gasteiger partial charge in [0.2, 0.25) is 0 Å². The zero-order valence-electron chi connectivity index (χ0n) is 14.0. The molecule has 0 aliphatic carbocycles. The molecule has 0 spiro atoms. The summed E-state index contributed by atoms with van der Waals surface area (Å²) in [6, 6.07) is 0. The molecule has 0 aromatic rings. The minimum absolute atomic E-state index is 0.0866. The third-order valence-electron chi connectivity index (χ3n) is 3.03. The molecule has 0 rings (SSSR count). The van der Waals surface area contributed by atoms with Crippen molar-refractivity contribution in [1.29, 1.82) is 0 Å². The van der Waals surface area contributed by atoms with Gasteiger partial charge < -0.3 is 19.3 Å². The molecule has 0 radical (unpaired) electrons. The highest BCUT2D eigenvalue weighted by atomic mass is 16.7. The molecule has 5 nitrogen and oxygen atoms in total. The first-order valence-corrected chi connectivity index (χ1v) is 7.48. The van der Waals surface area contributed by atoms with Crippen molar-refractivity contribution in [2.45, 2.75) is 51.7 Å². The number of carbonyl (C=O) groups excluding carboxylic acids is 1. The Morgan fingerprint density at radius 1 is 0.850 bits per heavy atom. The van der Waals surface area contributed by atoms with Crippen molar-refractivity contribution in [3.8, 4) is 0 Å². The lowest BCUT2D eigenvalue weighted by atomic mass is 10.2. The Morgan fingerprint density at radius 3 is 1.50 bits per heavy atom. The van der Waals surface area contributed by atoms with E-state index in [1.165, 1.54) is 0 Å². The molecule has 0 N–H and O–H groups in total. The van der Waals surface area contributed by atoms with E-state index < -0.39 is 6.16 Å². The van der Waals surface area contributed by atoms with Crippen LogP contribution in [0.25, 0.3) is 0 Å². The normalized spacial score (nSPS) is 14.4. The molecular weight excluding hydrogens is 256 g/mol. The van der Waals surface area contributed by atoms with Gasteiger partial charge in [-0.25, -0.2) is 4.79 Å². The summed E-state index contributed by atoms with van der Waals surface area (Å²) < 4.78 is 10.5. The number of ether oxygens (including phenoxy) is 2. The number of carbonyl (C=O) groups is 1. The van der Waals surface area contributed by atoms with Crippen LogP contribution in [0.4, 0.5) is 4.79 Å². The Hall–Kier alpha value is -0.810. The van der Waals surface area contributed by atoms with Gasteiger partial charge in [-0.1, -0.05) is 0 Å². The summed E-state index contributed by atoms with van der Waals surface area (Å²) >= 11 is 0. The topological polar surface area (TPSA) is 42.0 Å². The first-order valence-electron chi connectivity index (χ1n) is 7.48. The number of hydrogen-bond acceptors (Lipinski definition) is 5. The maximum atomic E-state index is 11.6. The predicted molar refractivity (Wildman–Crippen MR) is 82.1 cm³/mol. The summed E-state index contributed by atoms with van der Waals surface area (Å²) in [5.41, 5.74) is 0. The summed E-state index contributed by atoms with van der Waals surface area (Å²) in [5.74, 6) is 0. The Kier molecular flexibility index (Phi) is 10.5. The van der Waals surface area contributed by atoms with Gasteiger partial charge in [-0.05, 0) is 80.8 Å². The van der Waals surface area contributed by atoms with E-state index in [2.05, 4.69) is 9.80 Å². The first-order chi connectivity index (χ1) is 9.31. The van der Waals surface area contributed by atoms with Gasteiger partial charge >= 0.3 is 6.16 Å². The highest BCUT2D eigenvalue weighted by Crippen LogP contribution is 2.08. The second-order valence-corrected chi connectivity index (χ2v) is 6.00. The smallest absolute Gasteiger partial charge is 0.431 e. The maximum Gasteiger partial charge on any atom is 0.508 e. The quantitative estimate of drug-likeness (QED) is 0.578. The Balaban J connectivity index is 3.69. The van der Waals surface area contributed by atoms with Gasteiger partial charge in [0.15, 0.2) is 0 Å². The molecule has 20 heavy (non-hydrogen) atoms. The number of rotatable bonds is 10. The highest BCUT2D eigenvalue weighted by molar-refractivity contribution is 5.60. The molecular formula is C15H32N2O3. The van der Waals surface area contributed by atoms with E-state index in [9.17, 15) is 4.79 Å². The zero-order valence-corrected chi connectivity index (χ0v) is 14.0. The van der Waals surface area contributed by atoms with Crippen LogP contribution >= 0.6 is 0 Å². The summed E-state index contributed by atoms with van der Waals surface area (Å²) in [5, 5.41) is 0. The van der Waals surface area contributed by atoms with Crippen molar-refractivity contribution >= 4 is 6.16 Å². The van der Waals surface area contributed by atoms with Crippen molar-refractivity contribution in [2.75, 3.05) is 41.3 Å². The van der Waals surface area contributed by atoms with Crippen LogP contribution in [0.5, 0.6) is 0 Å². The fourth-order valence-corrected chi connectivity index (χ4v) is 1.86. The van der Waals surface area contributed by atoms with Crippen molar-refractivity contribution < 1.29 is 14.3 Å². The predicted octanol–water partition coefficient (Wildman–Crippen LogP) is 2.60. The molecule has 0 aromatic heterocycles. The molecule has 0 saturated heterocycles. The van der Waals surface area contributed by atoms with E-state index in [0.29, 0.717) is 0 Å². The number of nitrogens with zero attached hydrogens (tertiary/aromatic N) is 2. The molecule has 2 unspecified atom stereocenters. The molecule has 0 aliphatic rings. The van der Waals surface area contributed by atoms with Crippen LogP contribution in [0, 0.1) is 0 Å². The van der Waals surface area contributed by atoms with E-state index in [1.807, 2.05) is 42.0 Å². The minimum atomic E-state index is -0.542. The third kappa shape index (κ3) is 12.2. The second-order valence-electron chi connectivity index (χ2n) is 6.00. The van der Waals surface area contributed by atoms with Gasteiger partial charge in [0.25, 0.3) is 0 Å². The lowest BCUT2D eigenvalue weighted by Gasteiger charge is -2.18. The number of hydrogen-bond donors (Lipinski definition) is 0. The van der Waals surface area contributed by atoms with Gasteiger partial charge in [0.05, 0.1) is 0 Å². The van der Waals surface area contributed by atoms with Crippen molar-refractivity contribution in [3.05, 3.63) is 0 Å². The van der Waals surface area contributed by atoms with Gasteiger partial charge in [0, 0.05) is 0 Å². The van der Waals surface area contributed by atoms with Gasteiger partial charge in [-0.15, -0.1) is 0 Å². The van der Waals surface area contributed by atoms with E-state index >= 15 is 0 Å². The summed E-state index contributed by atoms with van der Waals surface area (Å²) in [6.45, 7) is 5.83. The van der Waals surface area contributed by atoms with E-state index in [4.69, 9.17) is 9.47 Å². The molecule has 5 heteroatoms. The van der Waals surface area contributed by atoms with Crippen molar-refractivity contribution in [1.82, 2.24) is 9.80 Å². The standard InChI is InChI=1S/C15H32N2O3/c1-13(9-7-11-16(3)4)19-15(18)20-14(2)10-8-12-17(5)6/h13-14H,7-12H2,1-6H3. The van der Waals surface area contributed by atoms with Crippen molar-refractivity contribution in [3.63, 3.8) is 0 Å². The summed E-state index contributed by atoms with van der Waals surface area (Å²) in [7, 11) is 8.15. The molecule has 0 aromatic carbocycles. The summed E-state index contributed by atoms with van der Waals surface area (Å²) in [4.78, 5) is 15.8. The minimum Gasteiger partial charge on any atom is -0.431 e. The fraction of sp³-hybridized carbons (Fsp3) is 0.933. The fourth-order valence-electron chi connectivity index (χ4n) is 1.86. The first kappa shape index (κ1) is 19.2. The molecule has 0 fully saturated rings. The molecule has 0 bridgehead atoms. The van der Waals surface area contributed by atoms with Crippen LogP contribution in [0.3, 0.4) is 0 Å². The van der Waals surface area contributed by atoms with E-state index in [-0.39, 0.29) is 12.2 Å². The SMILES string of the molecule is CC(CCCN(C)C)OC(=O)OC(C)CCCN(C)C. The van der Waals surface area contributed by atoms with Gasteiger partial charge in [-0.3, -0.25) is 0 Å².